The van der Waals surface area contributed by atoms with Crippen LogP contribution in [0.15, 0.2) is 18.3 Å². The van der Waals surface area contributed by atoms with Gasteiger partial charge in [-0.15, -0.1) is 5.10 Å². The summed E-state index contributed by atoms with van der Waals surface area (Å²) in [4.78, 5) is 2.33. The maximum atomic E-state index is 15.3. The third-order valence-electron chi connectivity index (χ3n) is 7.03. The first-order valence-corrected chi connectivity index (χ1v) is 12.7. The Hall–Kier alpha value is -3.70. The van der Waals surface area contributed by atoms with Crippen LogP contribution in [0.25, 0.3) is 34.2 Å². The molecule has 0 amide bonds. The fraction of sp³-hybridized carbons (Fsp3) is 0.423. The quantitative estimate of drug-likeness (QED) is 0.437. The van der Waals surface area contributed by atoms with E-state index in [0.29, 0.717) is 60.3 Å². The summed E-state index contributed by atoms with van der Waals surface area (Å²) < 4.78 is 31.2. The first kappa shape index (κ1) is 23.7. The zero-order valence-electron chi connectivity index (χ0n) is 20.9. The molecule has 3 aromatic heterocycles. The number of fused-ring (bicyclic) bond motifs is 6. The number of rotatable bonds is 4. The van der Waals surface area contributed by atoms with Gasteiger partial charge in [0.2, 0.25) is 11.8 Å². The average Bonchev–Trinajstić information content (AvgIpc) is 3.54. The molecule has 0 saturated carbocycles. The third kappa shape index (κ3) is 4.27. The van der Waals surface area contributed by atoms with E-state index in [1.807, 2.05) is 30.8 Å². The molecule has 6 rings (SSSR count). The van der Waals surface area contributed by atoms with Gasteiger partial charge in [-0.05, 0) is 44.5 Å². The summed E-state index contributed by atoms with van der Waals surface area (Å²) in [6.07, 6.45) is 7.27. The maximum Gasteiger partial charge on any atom is 0.240 e. The molecule has 4 bridgehead atoms. The van der Waals surface area contributed by atoms with Gasteiger partial charge in [0.15, 0.2) is 0 Å². The van der Waals surface area contributed by atoms with Gasteiger partial charge < -0.3 is 14.6 Å². The van der Waals surface area contributed by atoms with Crippen molar-refractivity contribution in [3.63, 3.8) is 0 Å². The lowest BCUT2D eigenvalue weighted by atomic mass is 10.0. The highest BCUT2D eigenvalue weighted by molar-refractivity contribution is 5.93. The smallest absolute Gasteiger partial charge is 0.240 e. The molecule has 2 aliphatic heterocycles. The molecule has 2 atom stereocenters. The minimum atomic E-state index is -0.370. The van der Waals surface area contributed by atoms with Crippen molar-refractivity contribution < 1.29 is 19.0 Å². The minimum absolute atomic E-state index is 0.0310. The molecular formula is C26H30FN7O3. The number of ether oxygens (including phenoxy) is 2. The highest BCUT2D eigenvalue weighted by Crippen LogP contribution is 2.36. The zero-order chi connectivity index (χ0) is 25.5. The number of nitrogens with one attached hydrogen (secondary N) is 1. The van der Waals surface area contributed by atoms with Gasteiger partial charge in [0.25, 0.3) is 0 Å². The molecule has 1 unspecified atom stereocenters. The molecule has 1 fully saturated rings. The van der Waals surface area contributed by atoms with Gasteiger partial charge >= 0.3 is 0 Å². The number of H-pyrrole nitrogens is 1. The van der Waals surface area contributed by atoms with Gasteiger partial charge in [-0.2, -0.15) is 10.2 Å². The summed E-state index contributed by atoms with van der Waals surface area (Å²) in [7, 11) is 1.81. The molecule has 2 aliphatic rings. The number of hydrogen-bond donors (Lipinski definition) is 2. The normalized spacial score (nSPS) is 20.1. The van der Waals surface area contributed by atoms with Crippen molar-refractivity contribution in [2.45, 2.75) is 39.0 Å². The van der Waals surface area contributed by atoms with Crippen LogP contribution in [0.4, 0.5) is 4.39 Å². The molecule has 4 aromatic rings. The van der Waals surface area contributed by atoms with Crippen LogP contribution in [0.1, 0.15) is 36.7 Å². The Balaban J connectivity index is 1.55. The van der Waals surface area contributed by atoms with E-state index in [0.717, 1.165) is 36.0 Å². The van der Waals surface area contributed by atoms with Crippen LogP contribution in [-0.2, 0) is 20.1 Å². The lowest BCUT2D eigenvalue weighted by Gasteiger charge is -2.33. The number of aliphatic hydroxyl groups is 1. The molecule has 0 aliphatic carbocycles. The van der Waals surface area contributed by atoms with Crippen LogP contribution in [-0.4, -0.2) is 72.2 Å². The molecule has 194 valence electrons. The standard InChI is InChI=1S/C26H30FN7O3/c1-3-36-25-17-6-7-22-19-11-18(21(27)12-23(19)30-29-22)20-13-28-32(2)26(20)37-16-5-4-8-33(14-16)15-24(17)34(31-25)9-10-35/h6-7,11-13,16,35H,3-5,8-10,14-15H2,1-2H3,(H,29,30)/b7-6+/t16-/m1/s1. The Morgan fingerprint density at radius 3 is 3.00 bits per heavy atom. The molecule has 0 spiro atoms. The molecular weight excluding hydrogens is 477 g/mol. The van der Waals surface area contributed by atoms with E-state index in [2.05, 4.69) is 25.3 Å². The van der Waals surface area contributed by atoms with Crippen LogP contribution in [0.3, 0.4) is 0 Å². The molecule has 2 N–H and O–H groups in total. The molecule has 37 heavy (non-hydrogen) atoms. The summed E-state index contributed by atoms with van der Waals surface area (Å²) in [6.45, 7) is 4.95. The predicted octanol–water partition coefficient (Wildman–Crippen LogP) is 3.22. The fourth-order valence-electron chi connectivity index (χ4n) is 5.27. The second-order valence-electron chi connectivity index (χ2n) is 9.47. The van der Waals surface area contributed by atoms with E-state index in [1.165, 1.54) is 6.07 Å². The second-order valence-corrected chi connectivity index (χ2v) is 9.47. The van der Waals surface area contributed by atoms with Gasteiger partial charge in [0.1, 0.15) is 11.9 Å². The molecule has 10 nitrogen and oxygen atoms in total. The van der Waals surface area contributed by atoms with E-state index >= 15 is 4.39 Å². The summed E-state index contributed by atoms with van der Waals surface area (Å²) in [6, 6.07) is 3.26. The van der Waals surface area contributed by atoms with Crippen LogP contribution < -0.4 is 9.47 Å². The number of aliphatic hydroxyl groups excluding tert-OH is 1. The van der Waals surface area contributed by atoms with Crippen molar-refractivity contribution in [3.8, 4) is 22.9 Å². The Kier molecular flexibility index (Phi) is 6.17. The highest BCUT2D eigenvalue weighted by atomic mass is 19.1. The van der Waals surface area contributed by atoms with Crippen molar-refractivity contribution in [2.24, 2.45) is 7.05 Å². The van der Waals surface area contributed by atoms with Crippen molar-refractivity contribution in [1.82, 2.24) is 34.7 Å². The van der Waals surface area contributed by atoms with Crippen LogP contribution >= 0.6 is 0 Å². The van der Waals surface area contributed by atoms with Crippen molar-refractivity contribution in [1.29, 1.82) is 0 Å². The Morgan fingerprint density at radius 1 is 1.27 bits per heavy atom. The number of piperidine rings is 1. The van der Waals surface area contributed by atoms with Crippen LogP contribution in [0.2, 0.25) is 0 Å². The van der Waals surface area contributed by atoms with Gasteiger partial charge in [-0.1, -0.05) is 0 Å². The van der Waals surface area contributed by atoms with E-state index in [9.17, 15) is 5.11 Å². The minimum Gasteiger partial charge on any atom is -0.476 e. The van der Waals surface area contributed by atoms with E-state index < -0.39 is 0 Å². The average molecular weight is 508 g/mol. The summed E-state index contributed by atoms with van der Waals surface area (Å²) in [5, 5.41) is 26.9. The third-order valence-corrected chi connectivity index (χ3v) is 7.03. The number of benzene rings is 1. The number of aryl methyl sites for hydroxylation is 1. The van der Waals surface area contributed by atoms with Gasteiger partial charge in [-0.25, -0.2) is 9.07 Å². The largest absolute Gasteiger partial charge is 0.476 e. The summed E-state index contributed by atoms with van der Waals surface area (Å²) >= 11 is 0. The molecule has 1 aromatic carbocycles. The van der Waals surface area contributed by atoms with Crippen molar-refractivity contribution in [3.05, 3.63) is 41.1 Å². The van der Waals surface area contributed by atoms with Gasteiger partial charge in [0.05, 0.1) is 54.0 Å². The lowest BCUT2D eigenvalue weighted by Crippen LogP contribution is -2.41. The molecule has 5 heterocycles. The number of nitrogens with zero attached hydrogens (tertiary/aromatic N) is 6. The fourth-order valence-corrected chi connectivity index (χ4v) is 5.27. The topological polar surface area (TPSA) is 106 Å². The lowest BCUT2D eigenvalue weighted by molar-refractivity contribution is 0.0762. The maximum absolute atomic E-state index is 15.3. The Morgan fingerprint density at radius 2 is 2.16 bits per heavy atom. The number of halogens is 1. The highest BCUT2D eigenvalue weighted by Gasteiger charge is 2.28. The van der Waals surface area contributed by atoms with E-state index in [1.54, 1.807) is 16.9 Å². The van der Waals surface area contributed by atoms with Crippen LogP contribution in [0.5, 0.6) is 11.8 Å². The SMILES string of the molecule is CCOc1nn(CCO)c2c1/C=C/c1n[nH]c3cc(F)c(cc13)-c1cnn(C)c1O[C@@H]1CCCN(C2)C1. The number of hydrogen-bond acceptors (Lipinski definition) is 7. The van der Waals surface area contributed by atoms with Crippen molar-refractivity contribution >= 4 is 23.1 Å². The number of aromatic nitrogens is 6. The predicted molar refractivity (Wildman–Crippen MR) is 137 cm³/mol. The van der Waals surface area contributed by atoms with Crippen molar-refractivity contribution in [2.75, 3.05) is 26.3 Å². The second kappa shape index (κ2) is 9.64. The van der Waals surface area contributed by atoms with E-state index in [4.69, 9.17) is 9.47 Å². The van der Waals surface area contributed by atoms with Gasteiger partial charge in [-0.3, -0.25) is 14.7 Å². The Bertz CT molecular complexity index is 1470. The molecule has 0 radical (unpaired) electrons. The Labute approximate surface area is 213 Å². The van der Waals surface area contributed by atoms with E-state index in [-0.39, 0.29) is 18.5 Å². The summed E-state index contributed by atoms with van der Waals surface area (Å²) in [5.74, 6) is 0.692. The van der Waals surface area contributed by atoms with Crippen LogP contribution in [0, 0.1) is 5.82 Å². The molecule has 1 saturated heterocycles. The van der Waals surface area contributed by atoms with Gasteiger partial charge in [0, 0.05) is 37.2 Å². The zero-order valence-corrected chi connectivity index (χ0v) is 20.9. The number of aromatic amines is 1. The first-order valence-electron chi connectivity index (χ1n) is 12.7. The summed E-state index contributed by atoms with van der Waals surface area (Å²) in [5.41, 5.74) is 4.10. The first-order chi connectivity index (χ1) is 18.1. The monoisotopic (exact) mass is 507 g/mol. The molecule has 11 heteroatoms.